The van der Waals surface area contributed by atoms with E-state index in [9.17, 15) is 19.2 Å². The van der Waals surface area contributed by atoms with E-state index in [1.165, 1.54) is 50.1 Å². The molecule has 1 aliphatic rings. The fraction of sp³-hybridized carbons (Fsp3) is 0.381. The van der Waals surface area contributed by atoms with Gasteiger partial charge in [0.15, 0.2) is 40.8 Å². The van der Waals surface area contributed by atoms with Crippen LogP contribution in [0.3, 0.4) is 0 Å². The van der Waals surface area contributed by atoms with Crippen molar-refractivity contribution in [1.82, 2.24) is 24.1 Å². The Labute approximate surface area is 192 Å². The van der Waals surface area contributed by atoms with E-state index in [4.69, 9.17) is 18.9 Å². The van der Waals surface area contributed by atoms with E-state index in [2.05, 4.69) is 15.0 Å². The van der Waals surface area contributed by atoms with E-state index in [0.29, 0.717) is 17.0 Å². The lowest BCUT2D eigenvalue weighted by molar-refractivity contribution is -0.166. The average molecular weight is 471 g/mol. The number of pyridine rings is 1. The van der Waals surface area contributed by atoms with Crippen molar-refractivity contribution in [1.29, 1.82) is 0 Å². The van der Waals surface area contributed by atoms with Gasteiger partial charge in [-0.3, -0.25) is 23.7 Å². The second-order valence-electron chi connectivity index (χ2n) is 7.48. The van der Waals surface area contributed by atoms with Gasteiger partial charge in [0.25, 0.3) is 0 Å². The molecule has 3 aromatic heterocycles. The Kier molecular flexibility index (Phi) is 6.36. The maximum atomic E-state index is 11.9. The second-order valence-corrected chi connectivity index (χ2v) is 7.48. The lowest BCUT2D eigenvalue weighted by atomic mass is 10.1. The summed E-state index contributed by atoms with van der Waals surface area (Å²) in [4.78, 5) is 59.4. The van der Waals surface area contributed by atoms with Gasteiger partial charge < -0.3 is 23.5 Å². The van der Waals surface area contributed by atoms with Crippen LogP contribution in [0.25, 0.3) is 17.0 Å². The van der Waals surface area contributed by atoms with E-state index in [-0.39, 0.29) is 12.0 Å². The lowest BCUT2D eigenvalue weighted by Crippen LogP contribution is -2.40. The fourth-order valence-electron chi connectivity index (χ4n) is 3.69. The van der Waals surface area contributed by atoms with Crippen molar-refractivity contribution in [3.63, 3.8) is 0 Å². The summed E-state index contributed by atoms with van der Waals surface area (Å²) in [5, 5.41) is 0. The predicted molar refractivity (Wildman–Crippen MR) is 113 cm³/mol. The van der Waals surface area contributed by atoms with Crippen LogP contribution in [0.15, 0.2) is 42.0 Å². The highest BCUT2D eigenvalue weighted by molar-refractivity contribution is 5.78. The first-order chi connectivity index (χ1) is 16.2. The number of hydrogen-bond acceptors (Lipinski definition) is 11. The van der Waals surface area contributed by atoms with Gasteiger partial charge in [-0.05, 0) is 0 Å². The topological polar surface area (TPSA) is 154 Å². The lowest BCUT2D eigenvalue weighted by Gasteiger charge is -2.23. The first kappa shape index (κ1) is 23.0. The van der Waals surface area contributed by atoms with Crippen LogP contribution in [-0.4, -0.2) is 66.9 Å². The van der Waals surface area contributed by atoms with Gasteiger partial charge in [0.1, 0.15) is 19.0 Å². The molecule has 0 bridgehead atoms. The van der Waals surface area contributed by atoms with Crippen LogP contribution in [0, 0.1) is 0 Å². The number of nitrogens with zero attached hydrogens (tertiary/aromatic N) is 5. The second kappa shape index (κ2) is 9.39. The summed E-state index contributed by atoms with van der Waals surface area (Å²) in [6, 6.07) is 2.76. The highest BCUT2D eigenvalue weighted by Gasteiger charge is 2.51. The van der Waals surface area contributed by atoms with Crippen LogP contribution in [0.5, 0.6) is 0 Å². The maximum Gasteiger partial charge on any atom is 0.303 e. The quantitative estimate of drug-likeness (QED) is 0.360. The zero-order valence-electron chi connectivity index (χ0n) is 18.5. The van der Waals surface area contributed by atoms with Gasteiger partial charge in [-0.15, -0.1) is 0 Å². The van der Waals surface area contributed by atoms with E-state index in [1.54, 1.807) is 17.0 Å². The molecule has 3 aromatic rings. The van der Waals surface area contributed by atoms with Crippen molar-refractivity contribution < 1.29 is 33.3 Å². The molecule has 34 heavy (non-hydrogen) atoms. The van der Waals surface area contributed by atoms with Crippen LogP contribution in [0.1, 0.15) is 27.0 Å². The Morgan fingerprint density at radius 2 is 1.65 bits per heavy atom. The Balaban J connectivity index is 1.76. The van der Waals surface area contributed by atoms with Crippen molar-refractivity contribution in [2.24, 2.45) is 0 Å². The number of carbonyl (C=O) groups is 3. The molecule has 0 spiro atoms. The number of rotatable bonds is 6. The number of ether oxygens (including phenoxy) is 4. The van der Waals surface area contributed by atoms with Crippen LogP contribution in [0.2, 0.25) is 0 Å². The molecule has 0 radical (unpaired) electrons. The summed E-state index contributed by atoms with van der Waals surface area (Å²) in [7, 11) is 0. The molecular formula is C21H21N5O8. The molecule has 4 heterocycles. The summed E-state index contributed by atoms with van der Waals surface area (Å²) in [6.45, 7) is 3.42. The molecule has 4 rings (SSSR count). The van der Waals surface area contributed by atoms with Gasteiger partial charge in [-0.25, -0.2) is 15.0 Å². The molecule has 1 saturated heterocycles. The standard InChI is InChI=1S/C21H21N5O8/c1-11(27)31-8-15-17(32-12(2)28)18(33-13(3)29)21(34-15)26-10-24-16-19(22-9-23-20(16)26)25-6-4-14(30)5-7-25/h4-7,9-10,15,17-18,21H,8H2,1-3H3/t15-,17-,18-,21-/m1/s1. The van der Waals surface area contributed by atoms with Gasteiger partial charge in [-0.2, -0.15) is 0 Å². The normalized spacial score (nSPS) is 21.9. The molecule has 1 aliphatic heterocycles. The SMILES string of the molecule is CC(=O)OC[C@H]1O[C@@H](n2cnc3c(-n4ccc(=O)cc4)ncnc32)[C@H](OC(C)=O)[C@@H]1OC(C)=O. The summed E-state index contributed by atoms with van der Waals surface area (Å²) < 4.78 is 25.1. The molecule has 0 aliphatic carbocycles. The number of carbonyl (C=O) groups excluding carboxylic acids is 3. The van der Waals surface area contributed by atoms with Crippen LogP contribution < -0.4 is 5.43 Å². The van der Waals surface area contributed by atoms with Crippen molar-refractivity contribution in [3.8, 4) is 5.82 Å². The predicted octanol–water partition coefficient (Wildman–Crippen LogP) is 0.301. The molecule has 0 amide bonds. The number of hydrogen-bond donors (Lipinski definition) is 0. The third kappa shape index (κ3) is 4.64. The molecule has 13 heteroatoms. The number of aromatic nitrogens is 5. The van der Waals surface area contributed by atoms with Crippen molar-refractivity contribution in [3.05, 3.63) is 47.4 Å². The largest absolute Gasteiger partial charge is 0.463 e. The highest BCUT2D eigenvalue weighted by atomic mass is 16.7. The molecule has 0 aromatic carbocycles. The third-order valence-electron chi connectivity index (χ3n) is 5.00. The molecule has 0 N–H and O–H groups in total. The number of esters is 3. The minimum atomic E-state index is -1.08. The first-order valence-electron chi connectivity index (χ1n) is 10.2. The minimum Gasteiger partial charge on any atom is -0.463 e. The minimum absolute atomic E-state index is 0.161. The Bertz CT molecular complexity index is 1280. The Morgan fingerprint density at radius 1 is 0.971 bits per heavy atom. The zero-order valence-corrected chi connectivity index (χ0v) is 18.5. The zero-order chi connectivity index (χ0) is 24.4. The highest BCUT2D eigenvalue weighted by Crippen LogP contribution is 2.36. The van der Waals surface area contributed by atoms with E-state index in [1.807, 2.05) is 0 Å². The molecular weight excluding hydrogens is 450 g/mol. The fourth-order valence-corrected chi connectivity index (χ4v) is 3.69. The summed E-state index contributed by atoms with van der Waals surface area (Å²) in [5.41, 5.74) is 0.551. The van der Waals surface area contributed by atoms with Crippen molar-refractivity contribution in [2.45, 2.75) is 45.3 Å². The maximum absolute atomic E-state index is 11.9. The van der Waals surface area contributed by atoms with Crippen LogP contribution in [0.4, 0.5) is 0 Å². The third-order valence-corrected chi connectivity index (χ3v) is 5.00. The van der Waals surface area contributed by atoms with E-state index >= 15 is 0 Å². The van der Waals surface area contributed by atoms with Gasteiger partial charge in [0.2, 0.25) is 0 Å². The first-order valence-corrected chi connectivity index (χ1v) is 10.2. The van der Waals surface area contributed by atoms with E-state index < -0.39 is 42.4 Å². The Hall–Kier alpha value is -4.13. The smallest absolute Gasteiger partial charge is 0.303 e. The van der Waals surface area contributed by atoms with Gasteiger partial charge in [-0.1, -0.05) is 0 Å². The van der Waals surface area contributed by atoms with E-state index in [0.717, 1.165) is 0 Å². The Morgan fingerprint density at radius 3 is 2.29 bits per heavy atom. The van der Waals surface area contributed by atoms with Crippen LogP contribution in [-0.2, 0) is 33.3 Å². The number of fused-ring (bicyclic) bond motifs is 1. The van der Waals surface area contributed by atoms with Crippen LogP contribution >= 0.6 is 0 Å². The van der Waals surface area contributed by atoms with Gasteiger partial charge >= 0.3 is 17.9 Å². The van der Waals surface area contributed by atoms with Gasteiger partial charge in [0.05, 0.1) is 6.33 Å². The summed E-state index contributed by atoms with van der Waals surface area (Å²) in [6.07, 6.45) is 1.77. The monoisotopic (exact) mass is 471 g/mol. The summed E-state index contributed by atoms with van der Waals surface area (Å²) >= 11 is 0. The van der Waals surface area contributed by atoms with Gasteiger partial charge in [0, 0.05) is 45.3 Å². The molecule has 0 saturated carbocycles. The summed E-state index contributed by atoms with van der Waals surface area (Å²) in [5.74, 6) is -1.41. The molecule has 4 atom stereocenters. The van der Waals surface area contributed by atoms with Crippen molar-refractivity contribution >= 4 is 29.1 Å². The molecule has 1 fully saturated rings. The molecule has 13 nitrogen and oxygen atoms in total. The average Bonchev–Trinajstić information content (AvgIpc) is 3.34. The molecule has 0 unspecified atom stereocenters. The molecule has 178 valence electrons. The number of imidazole rings is 1. The van der Waals surface area contributed by atoms with Crippen molar-refractivity contribution in [2.75, 3.05) is 6.61 Å².